The van der Waals surface area contributed by atoms with Crippen LogP contribution in [0, 0.1) is 0 Å². The van der Waals surface area contributed by atoms with Crippen molar-refractivity contribution in [3.05, 3.63) is 30.3 Å². The molecule has 0 atom stereocenters. The van der Waals surface area contributed by atoms with Crippen molar-refractivity contribution in [2.45, 2.75) is 21.3 Å². The second kappa shape index (κ2) is 14.0. The predicted octanol–water partition coefficient (Wildman–Crippen LogP) is 3.59. The molecule has 1 aromatic carbocycles. The lowest BCUT2D eigenvalue weighted by Gasteiger charge is -2.10. The fourth-order valence-corrected chi connectivity index (χ4v) is 0.726. The van der Waals surface area contributed by atoms with Gasteiger partial charge >= 0.3 is 0 Å². The first-order valence-corrected chi connectivity index (χ1v) is 5.37. The third-order valence-corrected chi connectivity index (χ3v) is 1.27. The maximum Gasteiger partial charge on any atom is 0.0360 e. The molecule has 1 rings (SSSR count). The number of para-hydroxylation sites is 1. The van der Waals surface area contributed by atoms with Crippen LogP contribution >= 0.6 is 0 Å². The Kier molecular flexibility index (Phi) is 17.8. The van der Waals surface area contributed by atoms with Crippen molar-refractivity contribution in [2.75, 3.05) is 40.1 Å². The molecule has 0 bridgehead atoms. The van der Waals surface area contributed by atoms with Gasteiger partial charge in [0.25, 0.3) is 0 Å². The van der Waals surface area contributed by atoms with Crippen molar-refractivity contribution in [1.82, 2.24) is 4.90 Å². The molecule has 0 saturated heterocycles. The van der Waals surface area contributed by atoms with E-state index >= 15 is 0 Å². The van der Waals surface area contributed by atoms with Crippen LogP contribution < -0.4 is 4.90 Å². The quantitative estimate of drug-likeness (QED) is 0.722. The SMILES string of the molecule is C.CC.CN(C)C.CN(C)c1ccccc1. The highest BCUT2D eigenvalue weighted by Gasteiger charge is 1.87. The third-order valence-electron chi connectivity index (χ3n) is 1.27. The molecule has 0 aliphatic carbocycles. The summed E-state index contributed by atoms with van der Waals surface area (Å²) in [7, 11) is 10.1. The lowest BCUT2D eigenvalue weighted by molar-refractivity contribution is 0.505. The van der Waals surface area contributed by atoms with E-state index in [9.17, 15) is 0 Å². The molecule has 2 heteroatoms. The number of rotatable bonds is 1. The molecule has 0 N–H and O–H groups in total. The average Bonchev–Trinajstić information content (AvgIpc) is 2.21. The summed E-state index contributed by atoms with van der Waals surface area (Å²) in [5, 5.41) is 0. The molecular formula is C14H30N2. The van der Waals surface area contributed by atoms with Gasteiger partial charge in [0, 0.05) is 19.8 Å². The normalized spacial score (nSPS) is 7.75. The van der Waals surface area contributed by atoms with E-state index in [1.807, 2.05) is 72.2 Å². The van der Waals surface area contributed by atoms with Gasteiger partial charge in [-0.3, -0.25) is 0 Å². The Morgan fingerprint density at radius 3 is 1.25 bits per heavy atom. The molecule has 0 amide bonds. The summed E-state index contributed by atoms with van der Waals surface area (Å²) in [6.45, 7) is 4.00. The molecule has 0 aliphatic rings. The van der Waals surface area contributed by atoms with E-state index in [1.54, 1.807) is 0 Å². The summed E-state index contributed by atoms with van der Waals surface area (Å²) in [6.07, 6.45) is 0. The van der Waals surface area contributed by atoms with Crippen LogP contribution in [0.2, 0.25) is 0 Å². The zero-order valence-electron chi connectivity index (χ0n) is 11.3. The zero-order valence-corrected chi connectivity index (χ0v) is 11.3. The van der Waals surface area contributed by atoms with E-state index in [0.717, 1.165) is 0 Å². The first kappa shape index (κ1) is 20.4. The highest BCUT2D eigenvalue weighted by atomic mass is 15.1. The molecule has 96 valence electrons. The molecule has 16 heavy (non-hydrogen) atoms. The maximum atomic E-state index is 2.08. The summed E-state index contributed by atoms with van der Waals surface area (Å²) >= 11 is 0. The summed E-state index contributed by atoms with van der Waals surface area (Å²) in [5.41, 5.74) is 1.25. The molecule has 0 saturated carbocycles. The first-order chi connectivity index (χ1) is 7.04. The summed E-state index contributed by atoms with van der Waals surface area (Å²) < 4.78 is 0. The van der Waals surface area contributed by atoms with Crippen molar-refractivity contribution >= 4 is 5.69 Å². The molecule has 0 heterocycles. The molecule has 2 nitrogen and oxygen atoms in total. The fourth-order valence-electron chi connectivity index (χ4n) is 0.726. The molecule has 0 spiro atoms. The molecule has 0 radical (unpaired) electrons. The summed E-state index contributed by atoms with van der Waals surface area (Å²) in [6, 6.07) is 10.3. The maximum absolute atomic E-state index is 2.08. The Balaban J connectivity index is -0.000000209. The van der Waals surface area contributed by atoms with Gasteiger partial charge in [0.15, 0.2) is 0 Å². The minimum Gasteiger partial charge on any atom is -0.378 e. The smallest absolute Gasteiger partial charge is 0.0360 e. The van der Waals surface area contributed by atoms with Crippen LogP contribution in [0.5, 0.6) is 0 Å². The first-order valence-electron chi connectivity index (χ1n) is 5.37. The number of nitrogens with zero attached hydrogens (tertiary/aromatic N) is 2. The van der Waals surface area contributed by atoms with Crippen LogP contribution in [0.4, 0.5) is 5.69 Å². The van der Waals surface area contributed by atoms with E-state index in [2.05, 4.69) is 17.0 Å². The lowest BCUT2D eigenvalue weighted by Crippen LogP contribution is -2.07. The van der Waals surface area contributed by atoms with Gasteiger partial charge in [-0.25, -0.2) is 0 Å². The zero-order chi connectivity index (χ0) is 12.3. The lowest BCUT2D eigenvalue weighted by atomic mass is 10.3. The van der Waals surface area contributed by atoms with E-state index < -0.39 is 0 Å². The molecule has 0 unspecified atom stereocenters. The Morgan fingerprint density at radius 1 is 0.750 bits per heavy atom. The average molecular weight is 226 g/mol. The second-order valence-electron chi connectivity index (χ2n) is 3.57. The Bertz CT molecular complexity index is 202. The van der Waals surface area contributed by atoms with E-state index in [0.29, 0.717) is 0 Å². The van der Waals surface area contributed by atoms with Crippen LogP contribution in [-0.4, -0.2) is 40.1 Å². The number of hydrogen-bond acceptors (Lipinski definition) is 2. The van der Waals surface area contributed by atoms with Gasteiger partial charge < -0.3 is 9.80 Å². The Hall–Kier alpha value is -1.02. The molecule has 0 fully saturated rings. The highest BCUT2D eigenvalue weighted by Crippen LogP contribution is 2.07. The largest absolute Gasteiger partial charge is 0.378 e. The number of benzene rings is 1. The van der Waals surface area contributed by atoms with E-state index in [1.165, 1.54) is 5.69 Å². The number of hydrogen-bond donors (Lipinski definition) is 0. The van der Waals surface area contributed by atoms with E-state index in [-0.39, 0.29) is 7.43 Å². The highest BCUT2D eigenvalue weighted by molar-refractivity contribution is 5.43. The molecule has 0 aliphatic heterocycles. The van der Waals surface area contributed by atoms with Gasteiger partial charge in [-0.1, -0.05) is 39.5 Å². The van der Waals surface area contributed by atoms with Crippen molar-refractivity contribution in [3.8, 4) is 0 Å². The number of anilines is 1. The van der Waals surface area contributed by atoms with Crippen molar-refractivity contribution in [2.24, 2.45) is 0 Å². The van der Waals surface area contributed by atoms with Gasteiger partial charge in [-0.2, -0.15) is 0 Å². The van der Waals surface area contributed by atoms with Gasteiger partial charge in [-0.05, 0) is 33.3 Å². The fraction of sp³-hybridized carbons (Fsp3) is 0.571. The van der Waals surface area contributed by atoms with Crippen molar-refractivity contribution in [3.63, 3.8) is 0 Å². The van der Waals surface area contributed by atoms with Crippen molar-refractivity contribution in [1.29, 1.82) is 0 Å². The summed E-state index contributed by atoms with van der Waals surface area (Å²) in [4.78, 5) is 4.08. The van der Waals surface area contributed by atoms with Gasteiger partial charge in [0.05, 0.1) is 0 Å². The molecule has 0 aromatic heterocycles. The van der Waals surface area contributed by atoms with Gasteiger partial charge in [0.2, 0.25) is 0 Å². The molecular weight excluding hydrogens is 196 g/mol. The van der Waals surface area contributed by atoms with Crippen molar-refractivity contribution < 1.29 is 0 Å². The Labute approximate surface area is 103 Å². The monoisotopic (exact) mass is 226 g/mol. The standard InChI is InChI=1S/C8H11N.C3H9N.C2H6.CH4/c1-9(2)8-6-4-3-5-7-8;1-4(2)3;1-2;/h3-7H,1-2H3;1-3H3;1-2H3;1H4. The van der Waals surface area contributed by atoms with Crippen LogP contribution in [-0.2, 0) is 0 Å². The predicted molar refractivity (Wildman–Crippen MR) is 78.5 cm³/mol. The van der Waals surface area contributed by atoms with Crippen LogP contribution in [0.3, 0.4) is 0 Å². The minimum atomic E-state index is 0. The van der Waals surface area contributed by atoms with E-state index in [4.69, 9.17) is 0 Å². The Morgan fingerprint density at radius 2 is 1.06 bits per heavy atom. The van der Waals surface area contributed by atoms with Crippen LogP contribution in [0.1, 0.15) is 21.3 Å². The van der Waals surface area contributed by atoms with Crippen LogP contribution in [0.25, 0.3) is 0 Å². The van der Waals surface area contributed by atoms with Gasteiger partial charge in [0.1, 0.15) is 0 Å². The second-order valence-corrected chi connectivity index (χ2v) is 3.57. The molecule has 1 aromatic rings. The van der Waals surface area contributed by atoms with Gasteiger partial charge in [-0.15, -0.1) is 0 Å². The minimum absolute atomic E-state index is 0. The summed E-state index contributed by atoms with van der Waals surface area (Å²) in [5.74, 6) is 0. The topological polar surface area (TPSA) is 6.48 Å². The third kappa shape index (κ3) is 15.5. The van der Waals surface area contributed by atoms with Crippen LogP contribution in [0.15, 0.2) is 30.3 Å².